The molecule has 0 bridgehead atoms. The lowest BCUT2D eigenvalue weighted by molar-refractivity contribution is 0.0691. The van der Waals surface area contributed by atoms with E-state index in [1.165, 1.54) is 45.4 Å². The molecule has 4 rings (SSSR count). The lowest BCUT2D eigenvalue weighted by Crippen LogP contribution is -2.20. The fourth-order valence-electron chi connectivity index (χ4n) is 3.71. The van der Waals surface area contributed by atoms with E-state index in [-0.39, 0.29) is 23.5 Å². The van der Waals surface area contributed by atoms with Crippen LogP contribution in [-0.2, 0) is 17.9 Å². The van der Waals surface area contributed by atoms with Crippen LogP contribution in [0, 0.1) is 17.1 Å². The van der Waals surface area contributed by atoms with Crippen LogP contribution < -0.4 is 15.4 Å². The first kappa shape index (κ1) is 27.0. The van der Waals surface area contributed by atoms with Crippen molar-refractivity contribution in [3.63, 3.8) is 0 Å². The number of amides is 1. The second-order valence-electron chi connectivity index (χ2n) is 7.99. The first-order chi connectivity index (χ1) is 17.8. The molecule has 3 heterocycles. The first-order valence-corrected chi connectivity index (χ1v) is 11.2. The van der Waals surface area contributed by atoms with Crippen LogP contribution >= 0.6 is 0 Å². The van der Waals surface area contributed by atoms with Crippen LogP contribution in [0.1, 0.15) is 50.4 Å². The van der Waals surface area contributed by atoms with Crippen LogP contribution in [0.2, 0.25) is 0 Å². The van der Waals surface area contributed by atoms with E-state index in [0.29, 0.717) is 12.2 Å². The van der Waals surface area contributed by atoms with Gasteiger partial charge in [0.05, 0.1) is 31.4 Å². The Morgan fingerprint density at radius 2 is 1.89 bits per heavy atom. The molecule has 0 atom stereocenters. The molecule has 0 aliphatic carbocycles. The molecule has 1 aliphatic rings. The smallest absolute Gasteiger partial charge is 0.339 e. The second-order valence-corrected chi connectivity index (χ2v) is 7.99. The third kappa shape index (κ3) is 6.56. The van der Waals surface area contributed by atoms with E-state index in [1.807, 2.05) is 0 Å². The van der Waals surface area contributed by atoms with Gasteiger partial charge in [-0.2, -0.15) is 10.4 Å². The number of carboxylic acids is 1. The fourth-order valence-corrected chi connectivity index (χ4v) is 3.71. The number of carbonyl (C=O) groups is 2. The van der Waals surface area contributed by atoms with Gasteiger partial charge in [-0.25, -0.2) is 19.2 Å². The minimum atomic E-state index is -1.01. The molecule has 194 valence electrons. The van der Waals surface area contributed by atoms with Gasteiger partial charge >= 0.3 is 5.97 Å². The quantitative estimate of drug-likeness (QED) is 0.456. The van der Waals surface area contributed by atoms with Crippen LogP contribution in [0.3, 0.4) is 0 Å². The molecule has 1 aromatic carbocycles. The van der Waals surface area contributed by atoms with Crippen LogP contribution in [0.5, 0.6) is 5.75 Å². The SMILES string of the molecule is COCc1nn(Cc2cnc(N3CCCC3)nc2)cc1C(=O)O.COc1ccc(C#N)c(C(N)=O)c1F. The van der Waals surface area contributed by atoms with E-state index in [4.69, 9.17) is 15.7 Å². The van der Waals surface area contributed by atoms with Gasteiger partial charge in [-0.05, 0) is 25.0 Å². The van der Waals surface area contributed by atoms with Crippen molar-refractivity contribution in [3.8, 4) is 11.8 Å². The Kier molecular flexibility index (Phi) is 9.06. The predicted octanol–water partition coefficient (Wildman–Crippen LogP) is 1.97. The Bertz CT molecular complexity index is 1300. The molecule has 0 unspecified atom stereocenters. The molecule has 1 amide bonds. The normalized spacial score (nSPS) is 12.4. The maximum Gasteiger partial charge on any atom is 0.339 e. The number of nitriles is 1. The number of nitrogens with zero attached hydrogens (tertiary/aromatic N) is 6. The Morgan fingerprint density at radius 3 is 2.43 bits per heavy atom. The summed E-state index contributed by atoms with van der Waals surface area (Å²) in [5.74, 6) is -2.27. The zero-order valence-electron chi connectivity index (χ0n) is 20.3. The van der Waals surface area contributed by atoms with Gasteiger partial charge in [-0.3, -0.25) is 9.48 Å². The number of primary amides is 1. The first-order valence-electron chi connectivity index (χ1n) is 11.2. The number of carboxylic acid groups (broad SMARTS) is 1. The summed E-state index contributed by atoms with van der Waals surface area (Å²) in [6.07, 6.45) is 7.39. The minimum absolute atomic E-state index is 0.101. The maximum absolute atomic E-state index is 13.4. The van der Waals surface area contributed by atoms with Crippen LogP contribution in [0.25, 0.3) is 0 Å². The second kappa shape index (κ2) is 12.4. The summed E-state index contributed by atoms with van der Waals surface area (Å²) in [6.45, 7) is 2.59. The van der Waals surface area contributed by atoms with E-state index in [2.05, 4.69) is 24.7 Å². The lowest BCUT2D eigenvalue weighted by atomic mass is 10.1. The Balaban J connectivity index is 0.000000233. The number of rotatable bonds is 8. The number of halogens is 1. The summed E-state index contributed by atoms with van der Waals surface area (Å²) in [5.41, 5.74) is 5.83. The van der Waals surface area contributed by atoms with E-state index < -0.39 is 23.3 Å². The van der Waals surface area contributed by atoms with Gasteiger partial charge in [0.2, 0.25) is 5.95 Å². The van der Waals surface area contributed by atoms with Crippen molar-refractivity contribution in [2.75, 3.05) is 32.2 Å². The van der Waals surface area contributed by atoms with Gasteiger partial charge in [0.15, 0.2) is 11.6 Å². The largest absolute Gasteiger partial charge is 0.494 e. The molecule has 0 saturated carbocycles. The number of carbonyl (C=O) groups excluding carboxylic acids is 1. The number of hydrogen-bond donors (Lipinski definition) is 2. The van der Waals surface area contributed by atoms with Crippen molar-refractivity contribution < 1.29 is 28.6 Å². The molecule has 12 nitrogen and oxygen atoms in total. The van der Waals surface area contributed by atoms with Crippen molar-refractivity contribution in [2.45, 2.75) is 26.0 Å². The van der Waals surface area contributed by atoms with Crippen molar-refractivity contribution in [2.24, 2.45) is 5.73 Å². The number of methoxy groups -OCH3 is 2. The highest BCUT2D eigenvalue weighted by Crippen LogP contribution is 2.23. The highest BCUT2D eigenvalue weighted by atomic mass is 19.1. The molecule has 37 heavy (non-hydrogen) atoms. The molecule has 0 spiro atoms. The number of ether oxygens (including phenoxy) is 2. The van der Waals surface area contributed by atoms with Crippen molar-refractivity contribution >= 4 is 17.8 Å². The average Bonchev–Trinajstić information content (AvgIpc) is 3.55. The Morgan fingerprint density at radius 1 is 1.22 bits per heavy atom. The van der Waals surface area contributed by atoms with Gasteiger partial charge in [0.25, 0.3) is 5.91 Å². The van der Waals surface area contributed by atoms with Crippen molar-refractivity contribution in [3.05, 3.63) is 64.5 Å². The topological polar surface area (TPSA) is 169 Å². The molecule has 2 aromatic heterocycles. The lowest BCUT2D eigenvalue weighted by Gasteiger charge is -2.14. The summed E-state index contributed by atoms with van der Waals surface area (Å²) in [4.78, 5) is 33.0. The summed E-state index contributed by atoms with van der Waals surface area (Å²) in [5, 5.41) is 22.0. The van der Waals surface area contributed by atoms with Crippen molar-refractivity contribution in [1.29, 1.82) is 5.26 Å². The fraction of sp³-hybridized carbons (Fsp3) is 0.333. The number of aromatic nitrogens is 4. The van der Waals surface area contributed by atoms with Gasteiger partial charge < -0.3 is 25.2 Å². The molecule has 3 N–H and O–H groups in total. The molecule has 13 heteroatoms. The predicted molar refractivity (Wildman–Crippen MR) is 129 cm³/mol. The van der Waals surface area contributed by atoms with E-state index in [0.717, 1.165) is 24.6 Å². The summed E-state index contributed by atoms with van der Waals surface area (Å²) >= 11 is 0. The van der Waals surface area contributed by atoms with Gasteiger partial charge in [0.1, 0.15) is 17.3 Å². The molecular formula is C24H26FN7O5. The molecule has 1 fully saturated rings. The van der Waals surface area contributed by atoms with Crippen LogP contribution in [-0.4, -0.2) is 64.0 Å². The van der Waals surface area contributed by atoms with Crippen molar-refractivity contribution in [1.82, 2.24) is 19.7 Å². The zero-order valence-corrected chi connectivity index (χ0v) is 20.3. The number of hydrogen-bond acceptors (Lipinski definition) is 9. The number of anilines is 1. The number of nitrogens with two attached hydrogens (primary N) is 1. The van der Waals surface area contributed by atoms with E-state index in [1.54, 1.807) is 23.1 Å². The average molecular weight is 512 g/mol. The molecule has 0 radical (unpaired) electrons. The maximum atomic E-state index is 13.4. The van der Waals surface area contributed by atoms with E-state index >= 15 is 0 Å². The Hall–Kier alpha value is -4.57. The van der Waals surface area contributed by atoms with Gasteiger partial charge in [0, 0.05) is 44.4 Å². The number of aromatic carboxylic acids is 1. The highest BCUT2D eigenvalue weighted by Gasteiger charge is 2.19. The third-order valence-electron chi connectivity index (χ3n) is 5.47. The molecule has 1 saturated heterocycles. The van der Waals surface area contributed by atoms with E-state index in [9.17, 15) is 19.1 Å². The minimum Gasteiger partial charge on any atom is -0.494 e. The summed E-state index contributed by atoms with van der Waals surface area (Å²) < 4.78 is 24.6. The monoisotopic (exact) mass is 511 g/mol. The zero-order chi connectivity index (χ0) is 26.9. The van der Waals surface area contributed by atoms with Crippen LogP contribution in [0.4, 0.5) is 10.3 Å². The summed E-state index contributed by atoms with van der Waals surface area (Å²) in [7, 11) is 2.77. The third-order valence-corrected chi connectivity index (χ3v) is 5.47. The molecular weight excluding hydrogens is 485 g/mol. The van der Waals surface area contributed by atoms with Gasteiger partial charge in [-0.1, -0.05) is 0 Å². The molecule has 1 aliphatic heterocycles. The Labute approximate surface area is 212 Å². The highest BCUT2D eigenvalue weighted by molar-refractivity contribution is 5.96. The number of benzene rings is 1. The summed E-state index contributed by atoms with van der Waals surface area (Å²) in [6, 6.07) is 4.22. The standard InChI is InChI=1S/C15H19N5O3.C9H7FN2O2/c1-23-10-13-12(14(21)22)9-20(18-13)8-11-6-16-15(17-7-11)19-4-2-3-5-19;1-14-6-3-2-5(4-11)7(8(6)10)9(12)13/h6-7,9H,2-5,8,10H2,1H3,(H,21,22);2-3H,1H3,(H2,12,13). The van der Waals surface area contributed by atoms with Gasteiger partial charge in [-0.15, -0.1) is 0 Å². The van der Waals surface area contributed by atoms with Crippen LogP contribution in [0.15, 0.2) is 30.7 Å². The molecule has 3 aromatic rings.